The molecule has 1 aliphatic rings. The number of hydrogen-bond acceptors (Lipinski definition) is 5. The van der Waals surface area contributed by atoms with Gasteiger partial charge in [0, 0.05) is 31.5 Å². The molecular formula is C30H33N3O3. The van der Waals surface area contributed by atoms with Gasteiger partial charge >= 0.3 is 0 Å². The second-order valence-corrected chi connectivity index (χ2v) is 10.5. The molecule has 1 saturated heterocycles. The minimum atomic E-state index is -0.735. The zero-order valence-corrected chi connectivity index (χ0v) is 21.7. The van der Waals surface area contributed by atoms with Crippen LogP contribution in [-0.4, -0.2) is 40.8 Å². The molecule has 1 unspecified atom stereocenters. The number of aliphatic hydroxyl groups excluding tert-OH is 1. The van der Waals surface area contributed by atoms with E-state index in [1.807, 2.05) is 80.5 Å². The van der Waals surface area contributed by atoms with E-state index in [0.29, 0.717) is 11.3 Å². The fourth-order valence-corrected chi connectivity index (χ4v) is 4.50. The maximum Gasteiger partial charge on any atom is 0.296 e. The number of rotatable bonds is 5. The van der Waals surface area contributed by atoms with Gasteiger partial charge in [-0.3, -0.25) is 14.6 Å². The summed E-state index contributed by atoms with van der Waals surface area (Å²) in [5, 5.41) is 11.6. The van der Waals surface area contributed by atoms with Crippen LogP contribution in [0, 0.1) is 6.92 Å². The van der Waals surface area contributed by atoms with E-state index in [4.69, 9.17) is 0 Å². The van der Waals surface area contributed by atoms with E-state index in [9.17, 15) is 14.7 Å². The van der Waals surface area contributed by atoms with Crippen molar-refractivity contribution in [2.75, 3.05) is 19.0 Å². The first-order valence-corrected chi connectivity index (χ1v) is 12.1. The van der Waals surface area contributed by atoms with Gasteiger partial charge in [-0.1, -0.05) is 51.1 Å². The summed E-state index contributed by atoms with van der Waals surface area (Å²) >= 11 is 0. The lowest BCUT2D eigenvalue weighted by molar-refractivity contribution is -0.140. The Balaban J connectivity index is 1.90. The monoisotopic (exact) mass is 483 g/mol. The van der Waals surface area contributed by atoms with Crippen LogP contribution in [0.4, 0.5) is 5.69 Å². The molecule has 36 heavy (non-hydrogen) atoms. The Kier molecular flexibility index (Phi) is 6.72. The Morgan fingerprint density at radius 3 is 2.31 bits per heavy atom. The zero-order chi connectivity index (χ0) is 26.2. The molecule has 6 heteroatoms. The van der Waals surface area contributed by atoms with Gasteiger partial charge in [-0.25, -0.2) is 0 Å². The molecular weight excluding hydrogens is 450 g/mol. The van der Waals surface area contributed by atoms with Crippen molar-refractivity contribution in [1.82, 2.24) is 9.88 Å². The van der Waals surface area contributed by atoms with Crippen LogP contribution in [0.5, 0.6) is 0 Å². The second-order valence-electron chi connectivity index (χ2n) is 10.5. The van der Waals surface area contributed by atoms with E-state index in [2.05, 4.69) is 25.8 Å². The molecule has 1 atom stereocenters. The molecule has 1 aromatic heterocycles. The first-order valence-electron chi connectivity index (χ1n) is 12.1. The molecule has 1 fully saturated rings. The largest absolute Gasteiger partial charge is 0.507 e. The lowest BCUT2D eigenvalue weighted by Crippen LogP contribution is -2.29. The summed E-state index contributed by atoms with van der Waals surface area (Å²) in [5.74, 6) is -1.48. The summed E-state index contributed by atoms with van der Waals surface area (Å²) < 4.78 is 0. The minimum absolute atomic E-state index is 0.0997. The third-order valence-electron chi connectivity index (χ3n) is 6.68. The van der Waals surface area contributed by atoms with Crippen molar-refractivity contribution in [3.05, 3.63) is 100 Å². The SMILES string of the molecule is Cc1ccc(C(C)(C)C)cc1/C(O)=C1\C(=O)C(=O)N(Cc2ccccn2)C1c1ccc(N(C)C)cc1. The first-order chi connectivity index (χ1) is 17.0. The van der Waals surface area contributed by atoms with E-state index in [-0.39, 0.29) is 23.3 Å². The smallest absolute Gasteiger partial charge is 0.296 e. The molecule has 6 nitrogen and oxygen atoms in total. The fourth-order valence-electron chi connectivity index (χ4n) is 4.50. The number of aliphatic hydroxyl groups is 1. The normalized spacial score (nSPS) is 17.5. The summed E-state index contributed by atoms with van der Waals surface area (Å²) in [5.41, 5.74) is 4.80. The quantitative estimate of drug-likeness (QED) is 0.300. The van der Waals surface area contributed by atoms with Crippen LogP contribution in [0.15, 0.2) is 72.4 Å². The molecule has 0 radical (unpaired) electrons. The summed E-state index contributed by atoms with van der Waals surface area (Å²) in [4.78, 5) is 34.6. The number of hydrogen-bond donors (Lipinski definition) is 1. The number of aryl methyl sites for hydroxylation is 1. The van der Waals surface area contributed by atoms with E-state index < -0.39 is 17.7 Å². The number of ketones is 1. The molecule has 0 saturated carbocycles. The zero-order valence-electron chi connectivity index (χ0n) is 21.7. The van der Waals surface area contributed by atoms with Gasteiger partial charge in [0.2, 0.25) is 0 Å². The Hall–Kier alpha value is -3.93. The van der Waals surface area contributed by atoms with E-state index in [0.717, 1.165) is 22.4 Å². The average molecular weight is 484 g/mol. The van der Waals surface area contributed by atoms with Crippen LogP contribution in [0.2, 0.25) is 0 Å². The Labute approximate surface area is 212 Å². The second kappa shape index (κ2) is 9.61. The van der Waals surface area contributed by atoms with Crippen LogP contribution >= 0.6 is 0 Å². The molecule has 1 N–H and O–H groups in total. The topological polar surface area (TPSA) is 73.7 Å². The number of nitrogens with zero attached hydrogens (tertiary/aromatic N) is 3. The molecule has 1 aliphatic heterocycles. The van der Waals surface area contributed by atoms with Crippen LogP contribution in [-0.2, 0) is 21.5 Å². The fraction of sp³-hybridized carbons (Fsp3) is 0.300. The van der Waals surface area contributed by atoms with Gasteiger partial charge < -0.3 is 14.9 Å². The number of benzene rings is 2. The average Bonchev–Trinajstić information content (AvgIpc) is 3.09. The van der Waals surface area contributed by atoms with Gasteiger partial charge in [0.05, 0.1) is 23.9 Å². The molecule has 0 spiro atoms. The number of amides is 1. The predicted octanol–water partition coefficient (Wildman–Crippen LogP) is 5.38. The van der Waals surface area contributed by atoms with E-state index in [1.165, 1.54) is 4.90 Å². The van der Waals surface area contributed by atoms with Crippen molar-refractivity contribution < 1.29 is 14.7 Å². The summed E-state index contributed by atoms with van der Waals surface area (Å²) in [6.07, 6.45) is 1.66. The summed E-state index contributed by atoms with van der Waals surface area (Å²) in [6.45, 7) is 8.34. The maximum absolute atomic E-state index is 13.4. The maximum atomic E-state index is 13.4. The number of likely N-dealkylation sites (tertiary alicyclic amines) is 1. The van der Waals surface area contributed by atoms with E-state index in [1.54, 1.807) is 12.3 Å². The van der Waals surface area contributed by atoms with Crippen molar-refractivity contribution in [3.8, 4) is 0 Å². The number of aromatic nitrogens is 1. The third-order valence-corrected chi connectivity index (χ3v) is 6.68. The molecule has 186 valence electrons. The van der Waals surface area contributed by atoms with Crippen molar-refractivity contribution in [2.24, 2.45) is 0 Å². The highest BCUT2D eigenvalue weighted by Crippen LogP contribution is 2.41. The lowest BCUT2D eigenvalue weighted by Gasteiger charge is -2.26. The van der Waals surface area contributed by atoms with Crippen LogP contribution in [0.1, 0.15) is 54.8 Å². The van der Waals surface area contributed by atoms with E-state index >= 15 is 0 Å². The molecule has 4 rings (SSSR count). The van der Waals surface area contributed by atoms with Gasteiger partial charge in [0.1, 0.15) is 5.76 Å². The molecule has 2 heterocycles. The first kappa shape index (κ1) is 25.2. The number of pyridine rings is 1. The third kappa shape index (κ3) is 4.76. The van der Waals surface area contributed by atoms with Crippen molar-refractivity contribution in [3.63, 3.8) is 0 Å². The Bertz CT molecular complexity index is 1320. The molecule has 3 aromatic rings. The minimum Gasteiger partial charge on any atom is -0.507 e. The highest BCUT2D eigenvalue weighted by Gasteiger charge is 2.46. The van der Waals surface area contributed by atoms with Crippen molar-refractivity contribution >= 4 is 23.1 Å². The van der Waals surface area contributed by atoms with Crippen LogP contribution in [0.25, 0.3) is 5.76 Å². The predicted molar refractivity (Wildman–Crippen MR) is 143 cm³/mol. The summed E-state index contributed by atoms with van der Waals surface area (Å²) in [6, 6.07) is 18.3. The lowest BCUT2D eigenvalue weighted by atomic mass is 9.84. The van der Waals surface area contributed by atoms with Gasteiger partial charge in [-0.2, -0.15) is 0 Å². The molecule has 1 amide bonds. The Morgan fingerprint density at radius 1 is 1.03 bits per heavy atom. The molecule has 2 aromatic carbocycles. The summed E-state index contributed by atoms with van der Waals surface area (Å²) in [7, 11) is 3.90. The standard InChI is InChI=1S/C30H33N3O3/c1-19-10-13-21(30(2,3)4)17-24(19)27(34)25-26(20-11-14-23(15-12-20)32(5)6)33(29(36)28(25)35)18-22-9-7-8-16-31-22/h7-17,26,34H,18H2,1-6H3/b27-25+. The highest BCUT2D eigenvalue weighted by atomic mass is 16.3. The van der Waals surface area contributed by atoms with Gasteiger partial charge in [-0.05, 0) is 59.4 Å². The van der Waals surface area contributed by atoms with Gasteiger partial charge in [-0.15, -0.1) is 0 Å². The number of Topliss-reactive ketones (excluding diaryl/α,β-unsaturated/α-hetero) is 1. The number of carbonyl (C=O) groups is 2. The van der Waals surface area contributed by atoms with Crippen molar-refractivity contribution in [2.45, 2.75) is 45.7 Å². The van der Waals surface area contributed by atoms with Crippen molar-refractivity contribution in [1.29, 1.82) is 0 Å². The van der Waals surface area contributed by atoms with Crippen LogP contribution in [0.3, 0.4) is 0 Å². The molecule has 0 bridgehead atoms. The Morgan fingerprint density at radius 2 is 1.72 bits per heavy atom. The highest BCUT2D eigenvalue weighted by molar-refractivity contribution is 6.46. The van der Waals surface area contributed by atoms with Gasteiger partial charge in [0.15, 0.2) is 0 Å². The van der Waals surface area contributed by atoms with Crippen LogP contribution < -0.4 is 4.90 Å². The number of carbonyl (C=O) groups excluding carboxylic acids is 2. The number of anilines is 1. The van der Waals surface area contributed by atoms with Gasteiger partial charge in [0.25, 0.3) is 11.7 Å². The molecule has 0 aliphatic carbocycles.